The van der Waals surface area contributed by atoms with Gasteiger partial charge < -0.3 is 16.2 Å². The van der Waals surface area contributed by atoms with Crippen LogP contribution in [-0.2, 0) is 11.8 Å². The van der Waals surface area contributed by atoms with Crippen LogP contribution in [0.25, 0.3) is 0 Å². The maximum absolute atomic E-state index is 12.9. The summed E-state index contributed by atoms with van der Waals surface area (Å²) < 4.78 is 5.72. The number of ether oxygens (including phenoxy) is 1. The van der Waals surface area contributed by atoms with Crippen molar-refractivity contribution in [2.24, 2.45) is 17.4 Å². The third kappa shape index (κ3) is 4.11. The number of para-hydroxylation sites is 1. The smallest absolute Gasteiger partial charge is 0.410 e. The molecule has 2 aromatic rings. The van der Waals surface area contributed by atoms with E-state index in [1.807, 2.05) is 12.1 Å². The molecule has 32 heavy (non-hydrogen) atoms. The molecule has 0 aliphatic heterocycles. The number of hydrogen-bond donors (Lipinski definition) is 2. The van der Waals surface area contributed by atoms with Crippen LogP contribution in [0, 0.1) is 5.92 Å². The molecule has 3 atom stereocenters. The number of benzene rings is 2. The van der Waals surface area contributed by atoms with E-state index in [0.717, 1.165) is 19.3 Å². The van der Waals surface area contributed by atoms with Crippen LogP contribution in [0.5, 0.6) is 5.75 Å². The molecule has 2 amide bonds. The largest absolute Gasteiger partial charge is 0.419 e. The third-order valence-corrected chi connectivity index (χ3v) is 7.45. The zero-order valence-corrected chi connectivity index (χ0v) is 19.0. The summed E-state index contributed by atoms with van der Waals surface area (Å²) in [5, 5.41) is 0. The van der Waals surface area contributed by atoms with Gasteiger partial charge in [0.2, 0.25) is 0 Å². The third-order valence-electron chi connectivity index (χ3n) is 7.45. The monoisotopic (exact) mass is 435 g/mol. The van der Waals surface area contributed by atoms with Crippen molar-refractivity contribution in [3.8, 4) is 5.75 Å². The fourth-order valence-electron chi connectivity index (χ4n) is 5.52. The Bertz CT molecular complexity index is 1020. The van der Waals surface area contributed by atoms with E-state index in [1.165, 1.54) is 41.7 Å². The fourth-order valence-corrected chi connectivity index (χ4v) is 5.52. The molecule has 170 valence electrons. The number of hydrogen-bond acceptors (Lipinski definition) is 4. The molecule has 2 aromatic carbocycles. The Morgan fingerprint density at radius 2 is 1.84 bits per heavy atom. The van der Waals surface area contributed by atoms with E-state index in [-0.39, 0.29) is 17.0 Å². The Kier molecular flexibility index (Phi) is 6.24. The zero-order valence-electron chi connectivity index (χ0n) is 19.0. The lowest BCUT2D eigenvalue weighted by Gasteiger charge is -2.46. The zero-order chi connectivity index (χ0) is 22.9. The summed E-state index contributed by atoms with van der Waals surface area (Å²) >= 11 is 0. The lowest BCUT2D eigenvalue weighted by molar-refractivity contribution is 0.100. The minimum Gasteiger partial charge on any atom is -0.410 e. The molecule has 4 N–H and O–H groups in total. The SMILES string of the molecule is CN(C(=O)Oc1ccc2c(c1)[C@@]1(C)CCCCCC[C@@H](C2)[C@@H]1N)c1ccccc1C(N)=O. The Hall–Kier alpha value is -2.86. The molecule has 0 heterocycles. The quantitative estimate of drug-likeness (QED) is 0.740. The van der Waals surface area contributed by atoms with Crippen LogP contribution in [0.15, 0.2) is 42.5 Å². The lowest BCUT2D eigenvalue weighted by Crippen LogP contribution is -2.52. The molecule has 0 radical (unpaired) electrons. The van der Waals surface area contributed by atoms with Crippen molar-refractivity contribution in [1.29, 1.82) is 0 Å². The van der Waals surface area contributed by atoms with E-state index < -0.39 is 12.0 Å². The van der Waals surface area contributed by atoms with Gasteiger partial charge in [-0.1, -0.05) is 50.8 Å². The molecule has 6 nitrogen and oxygen atoms in total. The molecule has 2 bridgehead atoms. The second-order valence-corrected chi connectivity index (χ2v) is 9.49. The van der Waals surface area contributed by atoms with Gasteiger partial charge in [-0.25, -0.2) is 4.79 Å². The van der Waals surface area contributed by atoms with Crippen molar-refractivity contribution in [3.63, 3.8) is 0 Å². The first-order valence-electron chi connectivity index (χ1n) is 11.5. The number of carbonyl (C=O) groups is 2. The van der Waals surface area contributed by atoms with E-state index in [0.29, 0.717) is 17.4 Å². The molecule has 0 saturated heterocycles. The molecule has 0 unspecified atom stereocenters. The van der Waals surface area contributed by atoms with Gasteiger partial charge >= 0.3 is 6.09 Å². The van der Waals surface area contributed by atoms with Crippen LogP contribution >= 0.6 is 0 Å². The van der Waals surface area contributed by atoms with Crippen molar-refractivity contribution >= 4 is 17.7 Å². The molecule has 2 aliphatic rings. The molecule has 6 heteroatoms. The molecule has 4 rings (SSSR count). The molecular weight excluding hydrogens is 402 g/mol. The number of nitrogens with two attached hydrogens (primary N) is 2. The van der Waals surface area contributed by atoms with E-state index >= 15 is 0 Å². The highest BCUT2D eigenvalue weighted by Gasteiger charge is 2.43. The number of anilines is 1. The van der Waals surface area contributed by atoms with Crippen molar-refractivity contribution in [2.45, 2.75) is 63.3 Å². The van der Waals surface area contributed by atoms with Gasteiger partial charge in [0.15, 0.2) is 0 Å². The number of amides is 2. The van der Waals surface area contributed by atoms with Gasteiger partial charge in [0.05, 0.1) is 11.3 Å². The summed E-state index contributed by atoms with van der Waals surface area (Å²) in [7, 11) is 1.57. The summed E-state index contributed by atoms with van der Waals surface area (Å²) in [5.74, 6) is 0.394. The fraction of sp³-hybridized carbons (Fsp3) is 0.462. The van der Waals surface area contributed by atoms with Crippen LogP contribution in [0.3, 0.4) is 0 Å². The van der Waals surface area contributed by atoms with Crippen LogP contribution in [0.4, 0.5) is 10.5 Å². The Morgan fingerprint density at radius 1 is 1.09 bits per heavy atom. The summed E-state index contributed by atoms with van der Waals surface area (Å²) in [6.45, 7) is 2.27. The van der Waals surface area contributed by atoms with Crippen LogP contribution < -0.4 is 21.1 Å². The van der Waals surface area contributed by atoms with Crippen molar-refractivity contribution in [3.05, 3.63) is 59.2 Å². The predicted octanol–water partition coefficient (Wildman–Crippen LogP) is 4.53. The molecule has 0 aromatic heterocycles. The number of fused-ring (bicyclic) bond motifs is 4. The molecular formula is C26H33N3O3. The van der Waals surface area contributed by atoms with Crippen LogP contribution in [0.1, 0.15) is 66.9 Å². The normalized spacial score (nSPS) is 25.0. The summed E-state index contributed by atoms with van der Waals surface area (Å²) in [6, 6.07) is 12.8. The van der Waals surface area contributed by atoms with Gasteiger partial charge in [-0.3, -0.25) is 9.69 Å². The second kappa shape index (κ2) is 8.94. The highest BCUT2D eigenvalue weighted by Crippen LogP contribution is 2.46. The van der Waals surface area contributed by atoms with Gasteiger partial charge in [0, 0.05) is 18.5 Å². The predicted molar refractivity (Wildman–Crippen MR) is 126 cm³/mol. The maximum atomic E-state index is 12.9. The lowest BCUT2D eigenvalue weighted by atomic mass is 9.61. The van der Waals surface area contributed by atoms with Gasteiger partial charge in [-0.15, -0.1) is 0 Å². The summed E-state index contributed by atoms with van der Waals surface area (Å²) in [5.41, 5.74) is 15.4. The van der Waals surface area contributed by atoms with Crippen LogP contribution in [-0.4, -0.2) is 25.1 Å². The van der Waals surface area contributed by atoms with Gasteiger partial charge in [0.25, 0.3) is 5.91 Å². The summed E-state index contributed by atoms with van der Waals surface area (Å²) in [6.07, 6.45) is 7.55. The summed E-state index contributed by atoms with van der Waals surface area (Å²) in [4.78, 5) is 25.9. The number of primary amides is 1. The Morgan fingerprint density at radius 3 is 2.62 bits per heavy atom. The van der Waals surface area contributed by atoms with Gasteiger partial charge in [-0.2, -0.15) is 0 Å². The second-order valence-electron chi connectivity index (χ2n) is 9.49. The van der Waals surface area contributed by atoms with Crippen LogP contribution in [0.2, 0.25) is 0 Å². The molecule has 0 spiro atoms. The van der Waals surface area contributed by atoms with Gasteiger partial charge in [0.1, 0.15) is 5.75 Å². The van der Waals surface area contributed by atoms with Gasteiger partial charge in [-0.05, 0) is 60.6 Å². The van der Waals surface area contributed by atoms with E-state index in [9.17, 15) is 9.59 Å². The average molecular weight is 436 g/mol. The van der Waals surface area contributed by atoms with Crippen molar-refractivity contribution in [1.82, 2.24) is 0 Å². The highest BCUT2D eigenvalue weighted by molar-refractivity contribution is 6.02. The maximum Gasteiger partial charge on any atom is 0.419 e. The van der Waals surface area contributed by atoms with E-state index in [1.54, 1.807) is 31.3 Å². The number of carbonyl (C=O) groups excluding carboxylic acids is 2. The highest BCUT2D eigenvalue weighted by atomic mass is 16.6. The number of rotatable bonds is 3. The minimum atomic E-state index is -0.592. The standard InChI is InChI=1S/C26H33N3O3/c1-26-14-8-4-3-5-9-18(23(26)27)15-17-12-13-19(16-21(17)26)32-25(31)29(2)22-11-7-6-10-20(22)24(28)30/h6-7,10-13,16,18,23H,3-5,8-9,14-15,27H2,1-2H3,(H2,28,30)/t18-,23-,26+/m0/s1. The van der Waals surface area contributed by atoms with E-state index in [2.05, 4.69) is 13.0 Å². The van der Waals surface area contributed by atoms with E-state index in [4.69, 9.17) is 16.2 Å². The first-order valence-corrected chi connectivity index (χ1v) is 11.5. The van der Waals surface area contributed by atoms with Crippen molar-refractivity contribution in [2.75, 3.05) is 11.9 Å². The molecule has 1 fully saturated rings. The Balaban J connectivity index is 1.61. The molecule has 1 saturated carbocycles. The topological polar surface area (TPSA) is 98.7 Å². The van der Waals surface area contributed by atoms with Crippen molar-refractivity contribution < 1.29 is 14.3 Å². The molecule has 2 aliphatic carbocycles. The first kappa shape index (κ1) is 22.3. The minimum absolute atomic E-state index is 0.101. The number of nitrogens with zero attached hydrogens (tertiary/aromatic N) is 1. The Labute approximate surface area is 189 Å². The first-order chi connectivity index (χ1) is 15.3. The average Bonchev–Trinajstić information content (AvgIpc) is 2.82.